The van der Waals surface area contributed by atoms with Gasteiger partial charge in [-0.05, 0) is 38.4 Å². The Morgan fingerprint density at radius 1 is 1.22 bits per heavy atom. The van der Waals surface area contributed by atoms with E-state index >= 15 is 0 Å². The van der Waals surface area contributed by atoms with Crippen molar-refractivity contribution in [2.75, 3.05) is 20.1 Å². The minimum Gasteiger partial charge on any atom is -0.312 e. The van der Waals surface area contributed by atoms with Crippen LogP contribution in [0.3, 0.4) is 0 Å². The largest absolute Gasteiger partial charge is 0.312 e. The summed E-state index contributed by atoms with van der Waals surface area (Å²) in [5, 5.41) is 3.76. The highest BCUT2D eigenvalue weighted by molar-refractivity contribution is 5.27. The highest BCUT2D eigenvalue weighted by Crippen LogP contribution is 2.40. The number of likely N-dealkylation sites (tertiary alicyclic amines) is 1. The molecular weight excluding hydrogens is 220 g/mol. The van der Waals surface area contributed by atoms with Gasteiger partial charge >= 0.3 is 0 Å². The fourth-order valence-corrected chi connectivity index (χ4v) is 3.18. The van der Waals surface area contributed by atoms with Gasteiger partial charge in [0, 0.05) is 24.5 Å². The monoisotopic (exact) mass is 244 g/mol. The van der Waals surface area contributed by atoms with Crippen molar-refractivity contribution < 1.29 is 0 Å². The molecule has 1 aromatic rings. The van der Waals surface area contributed by atoms with Crippen molar-refractivity contribution >= 4 is 0 Å². The van der Waals surface area contributed by atoms with Crippen LogP contribution in [0, 0.1) is 0 Å². The third-order valence-electron chi connectivity index (χ3n) is 4.56. The van der Waals surface area contributed by atoms with Crippen LogP contribution < -0.4 is 5.32 Å². The molecule has 2 nitrogen and oxygen atoms in total. The van der Waals surface area contributed by atoms with Gasteiger partial charge in [-0.25, -0.2) is 0 Å². The first kappa shape index (κ1) is 12.2. The summed E-state index contributed by atoms with van der Waals surface area (Å²) in [4.78, 5) is 2.52. The number of nitrogens with zero attached hydrogens (tertiary/aromatic N) is 1. The van der Waals surface area contributed by atoms with Gasteiger partial charge in [0.15, 0.2) is 0 Å². The van der Waals surface area contributed by atoms with Crippen LogP contribution in [0.4, 0.5) is 0 Å². The van der Waals surface area contributed by atoms with Gasteiger partial charge in [-0.15, -0.1) is 0 Å². The van der Waals surface area contributed by atoms with Crippen LogP contribution in [0.25, 0.3) is 0 Å². The second kappa shape index (κ2) is 5.41. The van der Waals surface area contributed by atoms with Crippen molar-refractivity contribution in [3.8, 4) is 0 Å². The minimum atomic E-state index is 0.725. The van der Waals surface area contributed by atoms with E-state index in [1.54, 1.807) is 0 Å². The first-order chi connectivity index (χ1) is 8.84. The van der Waals surface area contributed by atoms with Crippen LogP contribution in [0.1, 0.15) is 37.2 Å². The van der Waals surface area contributed by atoms with Crippen LogP contribution >= 0.6 is 0 Å². The molecule has 0 radical (unpaired) electrons. The van der Waals surface area contributed by atoms with Crippen molar-refractivity contribution in [2.45, 2.75) is 43.7 Å². The van der Waals surface area contributed by atoms with Crippen LogP contribution in [0.5, 0.6) is 0 Å². The number of benzene rings is 1. The van der Waals surface area contributed by atoms with E-state index in [-0.39, 0.29) is 0 Å². The summed E-state index contributed by atoms with van der Waals surface area (Å²) in [7, 11) is 2.27. The number of hydrogen-bond acceptors (Lipinski definition) is 2. The maximum Gasteiger partial charge on any atom is 0.0217 e. The summed E-state index contributed by atoms with van der Waals surface area (Å²) < 4.78 is 0. The average molecular weight is 244 g/mol. The molecule has 1 N–H and O–H groups in total. The molecule has 1 aromatic carbocycles. The van der Waals surface area contributed by atoms with Gasteiger partial charge in [-0.1, -0.05) is 36.8 Å². The van der Waals surface area contributed by atoms with Gasteiger partial charge < -0.3 is 10.2 Å². The number of nitrogens with one attached hydrogen (secondary N) is 1. The lowest BCUT2D eigenvalue weighted by Gasteiger charge is -2.32. The number of likely N-dealkylation sites (N-methyl/N-ethyl adjacent to an activating group) is 1. The topological polar surface area (TPSA) is 15.3 Å². The minimum absolute atomic E-state index is 0.725. The van der Waals surface area contributed by atoms with E-state index in [4.69, 9.17) is 0 Å². The molecule has 3 atom stereocenters. The van der Waals surface area contributed by atoms with Crippen molar-refractivity contribution in [1.82, 2.24) is 10.2 Å². The summed E-state index contributed by atoms with van der Waals surface area (Å²) in [6, 6.07) is 12.4. The molecule has 0 bridgehead atoms. The Balaban J connectivity index is 1.46. The predicted molar refractivity (Wildman–Crippen MR) is 75.9 cm³/mol. The molecule has 3 rings (SSSR count). The SMILES string of the molecule is CN1CCCCC1CNC1CC1c1ccccc1. The molecule has 1 aliphatic heterocycles. The van der Waals surface area contributed by atoms with Crippen LogP contribution in [-0.2, 0) is 0 Å². The molecule has 98 valence electrons. The molecule has 1 saturated heterocycles. The molecule has 3 unspecified atom stereocenters. The zero-order chi connectivity index (χ0) is 12.4. The average Bonchev–Trinajstić information content (AvgIpc) is 3.18. The van der Waals surface area contributed by atoms with E-state index in [0.717, 1.165) is 18.0 Å². The van der Waals surface area contributed by atoms with Crippen LogP contribution in [-0.4, -0.2) is 37.1 Å². The summed E-state index contributed by atoms with van der Waals surface area (Å²) in [5.74, 6) is 0.764. The lowest BCUT2D eigenvalue weighted by molar-refractivity contribution is 0.181. The van der Waals surface area contributed by atoms with Gasteiger partial charge in [-0.3, -0.25) is 0 Å². The molecular formula is C16H24N2. The van der Waals surface area contributed by atoms with E-state index in [9.17, 15) is 0 Å². The third-order valence-corrected chi connectivity index (χ3v) is 4.56. The number of piperidine rings is 1. The summed E-state index contributed by atoms with van der Waals surface area (Å²) >= 11 is 0. The van der Waals surface area contributed by atoms with E-state index in [0.29, 0.717) is 0 Å². The fourth-order valence-electron chi connectivity index (χ4n) is 3.18. The lowest BCUT2D eigenvalue weighted by Crippen LogP contribution is -2.43. The Morgan fingerprint density at radius 2 is 2.06 bits per heavy atom. The molecule has 2 aliphatic rings. The second-order valence-electron chi connectivity index (χ2n) is 5.90. The normalized spacial score (nSPS) is 32.4. The Bertz CT molecular complexity index is 376. The molecule has 1 aliphatic carbocycles. The van der Waals surface area contributed by atoms with E-state index < -0.39 is 0 Å². The lowest BCUT2D eigenvalue weighted by atomic mass is 10.0. The highest BCUT2D eigenvalue weighted by Gasteiger charge is 2.38. The van der Waals surface area contributed by atoms with Gasteiger partial charge in [0.25, 0.3) is 0 Å². The molecule has 2 heteroatoms. The zero-order valence-corrected chi connectivity index (χ0v) is 11.3. The Hall–Kier alpha value is -0.860. The zero-order valence-electron chi connectivity index (χ0n) is 11.3. The van der Waals surface area contributed by atoms with E-state index in [1.807, 2.05) is 0 Å². The quantitative estimate of drug-likeness (QED) is 0.876. The molecule has 0 aromatic heterocycles. The van der Waals surface area contributed by atoms with Gasteiger partial charge in [0.2, 0.25) is 0 Å². The number of hydrogen-bond donors (Lipinski definition) is 1. The summed E-state index contributed by atoms with van der Waals surface area (Å²) in [6.45, 7) is 2.45. The maximum atomic E-state index is 3.76. The van der Waals surface area contributed by atoms with Crippen molar-refractivity contribution in [2.24, 2.45) is 0 Å². The van der Waals surface area contributed by atoms with Gasteiger partial charge in [0.1, 0.15) is 0 Å². The van der Waals surface area contributed by atoms with Crippen molar-refractivity contribution in [3.63, 3.8) is 0 Å². The molecule has 1 saturated carbocycles. The van der Waals surface area contributed by atoms with E-state index in [2.05, 4.69) is 47.6 Å². The summed E-state index contributed by atoms with van der Waals surface area (Å²) in [5.41, 5.74) is 1.51. The Labute approximate surface area is 110 Å². The molecule has 0 spiro atoms. The van der Waals surface area contributed by atoms with Crippen molar-refractivity contribution in [3.05, 3.63) is 35.9 Å². The van der Waals surface area contributed by atoms with Gasteiger partial charge in [0.05, 0.1) is 0 Å². The smallest absolute Gasteiger partial charge is 0.0217 e. The molecule has 0 amide bonds. The van der Waals surface area contributed by atoms with Crippen LogP contribution in [0.2, 0.25) is 0 Å². The Kier molecular flexibility index (Phi) is 3.67. The maximum absolute atomic E-state index is 3.76. The Morgan fingerprint density at radius 3 is 2.83 bits per heavy atom. The first-order valence-corrected chi connectivity index (χ1v) is 7.33. The van der Waals surface area contributed by atoms with E-state index in [1.165, 1.54) is 44.3 Å². The van der Waals surface area contributed by atoms with Crippen LogP contribution in [0.15, 0.2) is 30.3 Å². The first-order valence-electron chi connectivity index (χ1n) is 7.33. The molecule has 2 fully saturated rings. The summed E-state index contributed by atoms with van der Waals surface area (Å²) in [6.07, 6.45) is 5.47. The number of rotatable bonds is 4. The predicted octanol–water partition coefficient (Wildman–Crippen LogP) is 2.62. The van der Waals surface area contributed by atoms with Gasteiger partial charge in [-0.2, -0.15) is 0 Å². The third kappa shape index (κ3) is 2.76. The second-order valence-corrected chi connectivity index (χ2v) is 5.90. The molecule has 1 heterocycles. The van der Waals surface area contributed by atoms with Crippen molar-refractivity contribution in [1.29, 1.82) is 0 Å². The fraction of sp³-hybridized carbons (Fsp3) is 0.625. The highest BCUT2D eigenvalue weighted by atomic mass is 15.2. The standard InChI is InChI=1S/C16H24N2/c1-18-10-6-5-9-14(18)12-17-16-11-15(16)13-7-3-2-4-8-13/h2-4,7-8,14-17H,5-6,9-12H2,1H3. The molecule has 18 heavy (non-hydrogen) atoms.